The molecule has 1 aromatic heterocycles. The van der Waals surface area contributed by atoms with Gasteiger partial charge in [0.2, 0.25) is 0 Å². The zero-order valence-electron chi connectivity index (χ0n) is 15.2. The lowest BCUT2D eigenvalue weighted by Gasteiger charge is -2.40. The predicted molar refractivity (Wildman–Crippen MR) is 106 cm³/mol. The first-order chi connectivity index (χ1) is 13.1. The number of halogens is 1. The highest BCUT2D eigenvalue weighted by atomic mass is 32.1. The molecule has 0 aliphatic carbocycles. The summed E-state index contributed by atoms with van der Waals surface area (Å²) in [6, 6.07) is 10.5. The van der Waals surface area contributed by atoms with Crippen LogP contribution in [0.15, 0.2) is 54.1 Å². The van der Waals surface area contributed by atoms with E-state index in [1.807, 2.05) is 28.5 Å². The number of nitrogens with zero attached hydrogens (tertiary/aromatic N) is 3. The van der Waals surface area contributed by atoms with Crippen LogP contribution in [-0.4, -0.2) is 48.1 Å². The molecule has 1 fully saturated rings. The van der Waals surface area contributed by atoms with Gasteiger partial charge in [0.15, 0.2) is 0 Å². The van der Waals surface area contributed by atoms with Gasteiger partial charge in [-0.2, -0.15) is 0 Å². The van der Waals surface area contributed by atoms with E-state index in [0.29, 0.717) is 5.69 Å². The smallest absolute Gasteiger partial charge is 0.265 e. The molecule has 0 saturated carbocycles. The normalized spacial score (nSPS) is 21.0. The Morgan fingerprint density at radius 3 is 2.70 bits per heavy atom. The van der Waals surface area contributed by atoms with Gasteiger partial charge in [0.25, 0.3) is 5.91 Å². The number of benzene rings is 1. The molecule has 2 aromatic rings. The molecule has 1 aromatic carbocycles. The average molecular weight is 386 g/mol. The molecule has 1 N–H and O–H groups in total. The number of likely N-dealkylation sites (tertiary alicyclic amines) is 1. The van der Waals surface area contributed by atoms with Crippen LogP contribution in [0.3, 0.4) is 0 Å². The van der Waals surface area contributed by atoms with Gasteiger partial charge in [-0.05, 0) is 62.6 Å². The Morgan fingerprint density at radius 1 is 1.22 bits per heavy atom. The topological polar surface area (TPSA) is 38.8 Å². The molecule has 0 spiro atoms. The van der Waals surface area contributed by atoms with E-state index in [1.165, 1.54) is 17.4 Å². The Labute approximate surface area is 162 Å². The van der Waals surface area contributed by atoms with Gasteiger partial charge in [-0.25, -0.2) is 9.82 Å². The summed E-state index contributed by atoms with van der Waals surface area (Å²) in [7, 11) is 2.11. The molecule has 2 aliphatic heterocycles. The monoisotopic (exact) mass is 386 g/mol. The summed E-state index contributed by atoms with van der Waals surface area (Å²) in [6.45, 7) is 1.93. The van der Waals surface area contributed by atoms with Crippen molar-refractivity contribution < 1.29 is 9.18 Å². The Kier molecular flexibility index (Phi) is 5.24. The van der Waals surface area contributed by atoms with Crippen LogP contribution >= 0.6 is 11.3 Å². The number of anilines is 1. The van der Waals surface area contributed by atoms with Crippen LogP contribution < -0.4 is 10.4 Å². The van der Waals surface area contributed by atoms with Crippen molar-refractivity contribution in [1.29, 1.82) is 0 Å². The number of carbonyl (C=O) groups is 1. The molecule has 3 heterocycles. The maximum Gasteiger partial charge on any atom is 0.265 e. The number of carbonyl (C=O) groups excluding carboxylic acids is 1. The fraction of sp³-hybridized carbons (Fsp3) is 0.350. The van der Waals surface area contributed by atoms with Crippen LogP contribution in [0, 0.1) is 5.82 Å². The zero-order valence-corrected chi connectivity index (χ0v) is 16.0. The standard InChI is InChI=1S/C20H23FN4OS/c1-23-11-8-15(9-12-23)25(20(26)18-7-4-14-27-18)19-10-13-24(22-19)17-6-3-2-5-16(17)21/h2-7,10,13-15,19,22H,8-9,11-12H2,1H3. The van der Waals surface area contributed by atoms with Crippen molar-refractivity contribution in [3.63, 3.8) is 0 Å². The average Bonchev–Trinajstić information content (AvgIpc) is 3.36. The van der Waals surface area contributed by atoms with Crippen LogP contribution in [0.4, 0.5) is 10.1 Å². The summed E-state index contributed by atoms with van der Waals surface area (Å²) in [5.41, 5.74) is 3.73. The van der Waals surface area contributed by atoms with Gasteiger partial charge in [0.1, 0.15) is 12.0 Å². The van der Waals surface area contributed by atoms with E-state index >= 15 is 0 Å². The minimum absolute atomic E-state index is 0.0251. The van der Waals surface area contributed by atoms with Crippen molar-refractivity contribution in [2.24, 2.45) is 0 Å². The van der Waals surface area contributed by atoms with E-state index < -0.39 is 0 Å². The van der Waals surface area contributed by atoms with E-state index in [2.05, 4.69) is 17.4 Å². The third-order valence-corrected chi connectivity index (χ3v) is 6.01. The number of piperidine rings is 1. The number of hydrazine groups is 1. The number of rotatable bonds is 4. The van der Waals surface area contributed by atoms with Gasteiger partial charge in [-0.1, -0.05) is 18.2 Å². The van der Waals surface area contributed by atoms with Gasteiger partial charge in [0, 0.05) is 12.2 Å². The number of para-hydroxylation sites is 1. The van der Waals surface area contributed by atoms with Crippen molar-refractivity contribution >= 4 is 22.9 Å². The van der Waals surface area contributed by atoms with Crippen LogP contribution in [0.1, 0.15) is 22.5 Å². The summed E-state index contributed by atoms with van der Waals surface area (Å²) < 4.78 is 14.1. The molecule has 0 radical (unpaired) electrons. The molecule has 5 nitrogen and oxygen atoms in total. The third kappa shape index (κ3) is 3.76. The van der Waals surface area contributed by atoms with Crippen molar-refractivity contribution in [3.8, 4) is 0 Å². The molecule has 7 heteroatoms. The van der Waals surface area contributed by atoms with E-state index in [0.717, 1.165) is 30.8 Å². The molecule has 1 unspecified atom stereocenters. The van der Waals surface area contributed by atoms with E-state index in [4.69, 9.17) is 0 Å². The van der Waals surface area contributed by atoms with Crippen molar-refractivity contribution in [2.75, 3.05) is 25.1 Å². The number of hydrogen-bond donors (Lipinski definition) is 1. The molecule has 1 atom stereocenters. The molecular formula is C20H23FN4OS. The predicted octanol–water partition coefficient (Wildman–Crippen LogP) is 3.29. The second kappa shape index (κ2) is 7.80. The first kappa shape index (κ1) is 18.2. The maximum absolute atomic E-state index is 14.1. The highest BCUT2D eigenvalue weighted by molar-refractivity contribution is 7.12. The highest BCUT2D eigenvalue weighted by Crippen LogP contribution is 2.26. The highest BCUT2D eigenvalue weighted by Gasteiger charge is 2.35. The minimum Gasteiger partial charge on any atom is -0.314 e. The minimum atomic E-state index is -0.300. The summed E-state index contributed by atoms with van der Waals surface area (Å²) in [5, 5.41) is 3.58. The Balaban J connectivity index is 1.57. The number of nitrogens with one attached hydrogen (secondary N) is 1. The Hall–Kier alpha value is -2.22. The summed E-state index contributed by atoms with van der Waals surface area (Å²) in [4.78, 5) is 18.2. The van der Waals surface area contributed by atoms with Gasteiger partial charge in [-0.3, -0.25) is 9.80 Å². The van der Waals surface area contributed by atoms with E-state index in [1.54, 1.807) is 29.4 Å². The molecule has 4 rings (SSSR count). The fourth-order valence-corrected chi connectivity index (χ4v) is 4.34. The fourth-order valence-electron chi connectivity index (χ4n) is 3.67. The lowest BCUT2D eigenvalue weighted by Crippen LogP contribution is -2.56. The van der Waals surface area contributed by atoms with Crippen molar-refractivity contribution in [3.05, 3.63) is 64.7 Å². The van der Waals surface area contributed by atoms with E-state index in [-0.39, 0.29) is 23.9 Å². The van der Waals surface area contributed by atoms with Gasteiger partial charge >= 0.3 is 0 Å². The summed E-state index contributed by atoms with van der Waals surface area (Å²) in [5.74, 6) is -0.275. The number of thiophene rings is 1. The molecule has 142 valence electrons. The first-order valence-corrected chi connectivity index (χ1v) is 10.0. The largest absolute Gasteiger partial charge is 0.314 e. The lowest BCUT2D eigenvalue weighted by molar-refractivity contribution is 0.0492. The molecule has 1 saturated heterocycles. The molecule has 0 bridgehead atoms. The SMILES string of the molecule is CN1CCC(N(C(=O)c2cccs2)C2C=CN(c3ccccc3F)N2)CC1. The third-order valence-electron chi connectivity index (χ3n) is 5.15. The van der Waals surface area contributed by atoms with Gasteiger partial charge in [0.05, 0.1) is 10.6 Å². The van der Waals surface area contributed by atoms with Crippen LogP contribution in [-0.2, 0) is 0 Å². The summed E-state index contributed by atoms with van der Waals surface area (Å²) >= 11 is 1.46. The molecular weight excluding hydrogens is 363 g/mol. The number of amides is 1. The van der Waals surface area contributed by atoms with Crippen molar-refractivity contribution in [2.45, 2.75) is 25.0 Å². The van der Waals surface area contributed by atoms with Gasteiger partial charge in [-0.15, -0.1) is 11.3 Å². The van der Waals surface area contributed by atoms with Crippen molar-refractivity contribution in [1.82, 2.24) is 15.2 Å². The Bertz CT molecular complexity index is 817. The second-order valence-corrected chi connectivity index (χ2v) is 7.91. The zero-order chi connectivity index (χ0) is 18.8. The van der Waals surface area contributed by atoms with Gasteiger partial charge < -0.3 is 9.80 Å². The quantitative estimate of drug-likeness (QED) is 0.875. The lowest BCUT2D eigenvalue weighted by atomic mass is 10.0. The Morgan fingerprint density at radius 2 is 2.00 bits per heavy atom. The number of hydrogen-bond acceptors (Lipinski definition) is 5. The molecule has 2 aliphatic rings. The second-order valence-electron chi connectivity index (χ2n) is 6.96. The molecule has 27 heavy (non-hydrogen) atoms. The summed E-state index contributed by atoms with van der Waals surface area (Å²) in [6.07, 6.45) is 5.29. The molecule has 1 amide bonds. The van der Waals surface area contributed by atoms with Crippen LogP contribution in [0.2, 0.25) is 0 Å². The van der Waals surface area contributed by atoms with E-state index in [9.17, 15) is 9.18 Å². The first-order valence-electron chi connectivity index (χ1n) is 9.16. The van der Waals surface area contributed by atoms with Crippen LogP contribution in [0.25, 0.3) is 0 Å². The maximum atomic E-state index is 14.1. The van der Waals surface area contributed by atoms with Crippen LogP contribution in [0.5, 0.6) is 0 Å².